The van der Waals surface area contributed by atoms with Crippen molar-refractivity contribution in [3.8, 4) is 10.6 Å². The van der Waals surface area contributed by atoms with Crippen molar-refractivity contribution in [1.82, 2.24) is 4.98 Å². The van der Waals surface area contributed by atoms with Crippen molar-refractivity contribution < 1.29 is 9.53 Å². The Labute approximate surface area is 120 Å². The number of nitrogen functional groups attached to an aromatic ring is 1. The Morgan fingerprint density at radius 1 is 1.42 bits per heavy atom. The van der Waals surface area contributed by atoms with Crippen molar-refractivity contribution in [2.45, 2.75) is 33.3 Å². The number of carbonyl (C=O) groups excluding carboxylic acids is 1. The maximum atomic E-state index is 12.0. The molecule has 0 aromatic carbocycles. The lowest BCUT2D eigenvalue weighted by atomic mass is 10.2. The van der Waals surface area contributed by atoms with E-state index in [0.29, 0.717) is 10.6 Å². The minimum atomic E-state index is -0.523. The molecule has 19 heavy (non-hydrogen) atoms. The third-order valence-corrected chi connectivity index (χ3v) is 4.14. The van der Waals surface area contributed by atoms with Crippen LogP contribution in [0.2, 0.25) is 0 Å². The van der Waals surface area contributed by atoms with Gasteiger partial charge in [-0.1, -0.05) is 0 Å². The number of nitrogens with two attached hydrogens (primary N) is 1. The molecular weight excluding hydrogens is 280 g/mol. The van der Waals surface area contributed by atoms with Crippen molar-refractivity contribution in [1.29, 1.82) is 0 Å². The Bertz CT molecular complexity index is 608. The highest BCUT2D eigenvalue weighted by molar-refractivity contribution is 7.18. The molecule has 0 aliphatic heterocycles. The Morgan fingerprint density at radius 2 is 2.11 bits per heavy atom. The van der Waals surface area contributed by atoms with Crippen LogP contribution in [0.25, 0.3) is 10.6 Å². The third kappa shape index (κ3) is 3.33. The van der Waals surface area contributed by atoms with Gasteiger partial charge in [-0.25, -0.2) is 9.78 Å². The van der Waals surface area contributed by atoms with Crippen LogP contribution < -0.4 is 5.73 Å². The molecule has 0 saturated carbocycles. The van der Waals surface area contributed by atoms with Crippen molar-refractivity contribution >= 4 is 34.3 Å². The van der Waals surface area contributed by atoms with Gasteiger partial charge in [0.25, 0.3) is 0 Å². The molecule has 0 bridgehead atoms. The Hall–Kier alpha value is -1.40. The molecule has 0 radical (unpaired) electrons. The van der Waals surface area contributed by atoms with Crippen LogP contribution in [0, 0.1) is 6.92 Å². The maximum Gasteiger partial charge on any atom is 0.350 e. The summed E-state index contributed by atoms with van der Waals surface area (Å²) in [6.45, 7) is 7.44. The van der Waals surface area contributed by atoms with E-state index in [-0.39, 0.29) is 5.97 Å². The van der Waals surface area contributed by atoms with Crippen LogP contribution in [0.5, 0.6) is 0 Å². The smallest absolute Gasteiger partial charge is 0.350 e. The summed E-state index contributed by atoms with van der Waals surface area (Å²) < 4.78 is 5.33. The van der Waals surface area contributed by atoms with Crippen LogP contribution in [0.15, 0.2) is 11.4 Å². The average molecular weight is 296 g/mol. The molecule has 0 atom stereocenters. The average Bonchev–Trinajstić information content (AvgIpc) is 2.82. The van der Waals surface area contributed by atoms with Gasteiger partial charge in [0, 0.05) is 5.38 Å². The first-order chi connectivity index (χ1) is 8.76. The number of nitrogens with zero attached hydrogens (tertiary/aromatic N) is 1. The molecular formula is C13H16N2O2S2. The van der Waals surface area contributed by atoms with Crippen LogP contribution in [-0.4, -0.2) is 16.6 Å². The fraction of sp³-hybridized carbons (Fsp3) is 0.385. The Balaban J connectivity index is 2.29. The highest BCUT2D eigenvalue weighted by Crippen LogP contribution is 2.34. The second kappa shape index (κ2) is 4.94. The van der Waals surface area contributed by atoms with Gasteiger partial charge in [-0.2, -0.15) is 0 Å². The summed E-state index contributed by atoms with van der Waals surface area (Å²) in [5.74, 6) is -0.381. The molecule has 0 unspecified atom stereocenters. The van der Waals surface area contributed by atoms with Crippen molar-refractivity contribution in [2.24, 2.45) is 0 Å². The quantitative estimate of drug-likeness (QED) is 0.858. The number of ether oxygens (including phenoxy) is 1. The molecule has 102 valence electrons. The molecule has 2 N–H and O–H groups in total. The van der Waals surface area contributed by atoms with Gasteiger partial charge in [-0.3, -0.25) is 0 Å². The van der Waals surface area contributed by atoms with Crippen molar-refractivity contribution in [3.05, 3.63) is 21.3 Å². The number of thiophene rings is 1. The van der Waals surface area contributed by atoms with E-state index in [1.807, 2.05) is 33.1 Å². The number of anilines is 1. The molecule has 2 rings (SSSR count). The number of aryl methyl sites for hydroxylation is 1. The topological polar surface area (TPSA) is 65.2 Å². The standard InChI is InChI=1S/C13H16N2O2S2/c1-7-15-9(6-18-7)10-5-8(14)11(19-10)12(16)17-13(2,3)4/h5-6H,14H2,1-4H3. The zero-order chi connectivity index (χ0) is 14.2. The molecule has 6 heteroatoms. The first-order valence-corrected chi connectivity index (χ1v) is 7.51. The Morgan fingerprint density at radius 3 is 2.63 bits per heavy atom. The summed E-state index contributed by atoms with van der Waals surface area (Å²) in [7, 11) is 0. The number of rotatable bonds is 2. The van der Waals surface area contributed by atoms with Gasteiger partial charge >= 0.3 is 5.97 Å². The largest absolute Gasteiger partial charge is 0.456 e. The van der Waals surface area contributed by atoms with Gasteiger partial charge < -0.3 is 10.5 Å². The molecule has 0 aliphatic carbocycles. The summed E-state index contributed by atoms with van der Waals surface area (Å²) in [6, 6.07) is 1.78. The fourth-order valence-electron chi connectivity index (χ4n) is 1.49. The van der Waals surface area contributed by atoms with E-state index in [1.54, 1.807) is 17.4 Å². The molecule has 0 fully saturated rings. The van der Waals surface area contributed by atoms with Crippen molar-refractivity contribution in [3.63, 3.8) is 0 Å². The normalized spacial score (nSPS) is 11.6. The number of hydrogen-bond acceptors (Lipinski definition) is 6. The number of carbonyl (C=O) groups is 1. The molecule has 2 heterocycles. The van der Waals surface area contributed by atoms with E-state index in [9.17, 15) is 4.79 Å². The zero-order valence-corrected chi connectivity index (χ0v) is 12.9. The van der Waals surface area contributed by atoms with E-state index >= 15 is 0 Å². The fourth-order valence-corrected chi connectivity index (χ4v) is 3.10. The van der Waals surface area contributed by atoms with Gasteiger partial charge in [0.2, 0.25) is 0 Å². The number of esters is 1. The second-order valence-corrected chi connectivity index (χ2v) is 7.26. The first-order valence-electron chi connectivity index (χ1n) is 5.81. The van der Waals surface area contributed by atoms with Crippen LogP contribution >= 0.6 is 22.7 Å². The van der Waals surface area contributed by atoms with Gasteiger partial charge in [0.1, 0.15) is 10.5 Å². The number of thiazole rings is 1. The van der Waals surface area contributed by atoms with E-state index in [0.717, 1.165) is 15.6 Å². The summed E-state index contributed by atoms with van der Waals surface area (Å²) in [5, 5.41) is 2.94. The lowest BCUT2D eigenvalue weighted by Crippen LogP contribution is -2.23. The molecule has 0 saturated heterocycles. The number of hydrogen-bond donors (Lipinski definition) is 1. The zero-order valence-electron chi connectivity index (χ0n) is 11.3. The molecule has 2 aromatic heterocycles. The third-order valence-electron chi connectivity index (χ3n) is 2.22. The monoisotopic (exact) mass is 296 g/mol. The van der Waals surface area contributed by atoms with Gasteiger partial charge in [-0.05, 0) is 33.8 Å². The van der Waals surface area contributed by atoms with Crippen LogP contribution in [0.1, 0.15) is 35.5 Å². The molecule has 0 amide bonds. The van der Waals surface area contributed by atoms with Gasteiger partial charge in [0.15, 0.2) is 0 Å². The van der Waals surface area contributed by atoms with E-state index in [4.69, 9.17) is 10.5 Å². The minimum absolute atomic E-state index is 0.381. The highest BCUT2D eigenvalue weighted by atomic mass is 32.1. The van der Waals surface area contributed by atoms with Gasteiger partial charge in [0.05, 0.1) is 21.3 Å². The summed E-state index contributed by atoms with van der Waals surface area (Å²) in [5.41, 5.74) is 6.67. The summed E-state index contributed by atoms with van der Waals surface area (Å²) in [4.78, 5) is 17.7. The predicted octanol–water partition coefficient (Wildman–Crippen LogP) is 3.72. The van der Waals surface area contributed by atoms with Crippen LogP contribution in [0.3, 0.4) is 0 Å². The Kier molecular flexibility index (Phi) is 3.64. The van der Waals surface area contributed by atoms with E-state index in [2.05, 4.69) is 4.98 Å². The maximum absolute atomic E-state index is 12.0. The van der Waals surface area contributed by atoms with Crippen LogP contribution in [-0.2, 0) is 4.74 Å². The molecule has 0 aliphatic rings. The molecule has 4 nitrogen and oxygen atoms in total. The summed E-state index contributed by atoms with van der Waals surface area (Å²) >= 11 is 2.89. The predicted molar refractivity (Wildman–Crippen MR) is 79.7 cm³/mol. The van der Waals surface area contributed by atoms with Gasteiger partial charge in [-0.15, -0.1) is 22.7 Å². The first kappa shape index (κ1) is 14.0. The van der Waals surface area contributed by atoms with Crippen molar-refractivity contribution in [2.75, 3.05) is 5.73 Å². The summed E-state index contributed by atoms with van der Waals surface area (Å²) in [6.07, 6.45) is 0. The van der Waals surface area contributed by atoms with Crippen LogP contribution in [0.4, 0.5) is 5.69 Å². The lowest BCUT2D eigenvalue weighted by Gasteiger charge is -2.18. The molecule has 2 aromatic rings. The highest BCUT2D eigenvalue weighted by Gasteiger charge is 2.22. The molecule has 0 spiro atoms. The SMILES string of the molecule is Cc1nc(-c2cc(N)c(C(=O)OC(C)(C)C)s2)cs1. The van der Waals surface area contributed by atoms with E-state index < -0.39 is 5.60 Å². The number of aromatic nitrogens is 1. The van der Waals surface area contributed by atoms with E-state index in [1.165, 1.54) is 11.3 Å². The lowest BCUT2D eigenvalue weighted by molar-refractivity contribution is 0.00764. The second-order valence-electron chi connectivity index (χ2n) is 5.15. The minimum Gasteiger partial charge on any atom is -0.456 e.